The van der Waals surface area contributed by atoms with Gasteiger partial charge in [0, 0.05) is 11.5 Å². The number of ether oxygens (including phenoxy) is 1. The smallest absolute Gasteiger partial charge is 0.259 e. The number of aryl methyl sites for hydroxylation is 1. The van der Waals surface area contributed by atoms with E-state index in [9.17, 15) is 0 Å². The molecule has 2 aromatic heterocycles. The number of hydrogen-bond acceptors (Lipinski definition) is 6. The lowest BCUT2D eigenvalue weighted by molar-refractivity contribution is 0.229. The Morgan fingerprint density at radius 1 is 1.22 bits per heavy atom. The molecular weight excluding hydrogens is 292 g/mol. The lowest BCUT2D eigenvalue weighted by Crippen LogP contribution is -2.44. The highest BCUT2D eigenvalue weighted by Crippen LogP contribution is 2.38. The molecule has 1 aliphatic carbocycles. The highest BCUT2D eigenvalue weighted by atomic mass is 16.5. The molecule has 0 bridgehead atoms. The van der Waals surface area contributed by atoms with Gasteiger partial charge in [-0.05, 0) is 44.4 Å². The molecule has 4 rings (SSSR count). The van der Waals surface area contributed by atoms with E-state index in [-0.39, 0.29) is 0 Å². The van der Waals surface area contributed by atoms with Crippen LogP contribution >= 0.6 is 0 Å². The summed E-state index contributed by atoms with van der Waals surface area (Å²) >= 11 is 0. The number of hydrogen-bond donors (Lipinski definition) is 1. The van der Waals surface area contributed by atoms with E-state index in [4.69, 9.17) is 15.0 Å². The molecule has 0 unspecified atom stereocenters. The first-order valence-electron chi connectivity index (χ1n) is 7.68. The molecule has 0 amide bonds. The Kier molecular flexibility index (Phi) is 3.09. The minimum absolute atomic E-state index is 0.423. The minimum Gasteiger partial charge on any atom is -0.497 e. The Morgan fingerprint density at radius 2 is 2.04 bits per heavy atom. The molecule has 6 nitrogen and oxygen atoms in total. The fraction of sp³-hybridized carbons (Fsp3) is 0.353. The molecule has 0 aliphatic heterocycles. The van der Waals surface area contributed by atoms with Crippen LogP contribution in [0.2, 0.25) is 0 Å². The molecule has 2 heterocycles. The molecule has 1 saturated carbocycles. The Balaban J connectivity index is 1.78. The molecule has 23 heavy (non-hydrogen) atoms. The first-order valence-corrected chi connectivity index (χ1v) is 7.68. The Morgan fingerprint density at radius 3 is 2.74 bits per heavy atom. The fourth-order valence-electron chi connectivity index (χ4n) is 2.90. The maximum Gasteiger partial charge on any atom is 0.259 e. The summed E-state index contributed by atoms with van der Waals surface area (Å²) in [5, 5.41) is 5.07. The third kappa shape index (κ3) is 2.26. The number of benzene rings is 1. The van der Waals surface area contributed by atoms with Crippen molar-refractivity contribution in [3.8, 4) is 17.2 Å². The minimum atomic E-state index is -0.423. The van der Waals surface area contributed by atoms with Crippen LogP contribution in [0.4, 0.5) is 0 Å². The van der Waals surface area contributed by atoms with Gasteiger partial charge in [-0.3, -0.25) is 4.98 Å². The van der Waals surface area contributed by atoms with Crippen molar-refractivity contribution in [2.75, 3.05) is 7.11 Å². The number of nitrogens with zero attached hydrogens (tertiary/aromatic N) is 3. The zero-order valence-electron chi connectivity index (χ0n) is 13.2. The summed E-state index contributed by atoms with van der Waals surface area (Å²) in [6.45, 7) is 1.93. The normalized spacial score (nSPS) is 16.3. The van der Waals surface area contributed by atoms with Crippen molar-refractivity contribution in [3.05, 3.63) is 35.8 Å². The number of aromatic nitrogens is 3. The Labute approximate surface area is 133 Å². The largest absolute Gasteiger partial charge is 0.497 e. The molecule has 3 aromatic rings. The van der Waals surface area contributed by atoms with Crippen molar-refractivity contribution in [2.45, 2.75) is 31.7 Å². The maximum absolute atomic E-state index is 6.26. The van der Waals surface area contributed by atoms with Gasteiger partial charge in [-0.2, -0.15) is 4.98 Å². The van der Waals surface area contributed by atoms with Crippen LogP contribution < -0.4 is 10.5 Å². The van der Waals surface area contributed by atoms with E-state index >= 15 is 0 Å². The third-order valence-corrected chi connectivity index (χ3v) is 4.56. The molecule has 1 aromatic carbocycles. The number of rotatable bonds is 3. The maximum atomic E-state index is 6.26. The van der Waals surface area contributed by atoms with Crippen molar-refractivity contribution in [1.82, 2.24) is 15.1 Å². The molecular formula is C17H18N4O2. The average Bonchev–Trinajstić information content (AvgIpc) is 3.01. The molecule has 0 saturated heterocycles. The average molecular weight is 310 g/mol. The second kappa shape index (κ2) is 5.03. The van der Waals surface area contributed by atoms with E-state index in [0.29, 0.717) is 11.7 Å². The van der Waals surface area contributed by atoms with Gasteiger partial charge < -0.3 is 15.0 Å². The van der Waals surface area contributed by atoms with Crippen molar-refractivity contribution < 1.29 is 9.26 Å². The summed E-state index contributed by atoms with van der Waals surface area (Å²) in [5.41, 5.74) is 8.38. The van der Waals surface area contributed by atoms with Crippen molar-refractivity contribution >= 4 is 10.9 Å². The SMILES string of the molecule is COc1ccc2cc(-c3nc(C4(N)CCC4)no3)c(C)nc2c1. The van der Waals surface area contributed by atoms with Crippen LogP contribution in [-0.4, -0.2) is 22.2 Å². The molecule has 6 heteroatoms. The van der Waals surface area contributed by atoms with Gasteiger partial charge in [0.25, 0.3) is 5.89 Å². The first kappa shape index (κ1) is 14.1. The molecule has 1 fully saturated rings. The van der Waals surface area contributed by atoms with Crippen LogP contribution in [0.5, 0.6) is 5.75 Å². The highest BCUT2D eigenvalue weighted by Gasteiger charge is 2.39. The second-order valence-corrected chi connectivity index (χ2v) is 6.11. The van der Waals surface area contributed by atoms with Gasteiger partial charge in [0.2, 0.25) is 0 Å². The van der Waals surface area contributed by atoms with Gasteiger partial charge in [-0.15, -0.1) is 0 Å². The van der Waals surface area contributed by atoms with E-state index in [1.807, 2.05) is 31.2 Å². The summed E-state index contributed by atoms with van der Waals surface area (Å²) in [6, 6.07) is 7.80. The predicted molar refractivity (Wildman–Crippen MR) is 86.0 cm³/mol. The molecule has 118 valence electrons. The van der Waals surface area contributed by atoms with Gasteiger partial charge in [-0.25, -0.2) is 0 Å². The van der Waals surface area contributed by atoms with Gasteiger partial charge >= 0.3 is 0 Å². The number of fused-ring (bicyclic) bond motifs is 1. The summed E-state index contributed by atoms with van der Waals surface area (Å²) in [5.74, 6) is 1.85. The van der Waals surface area contributed by atoms with E-state index in [2.05, 4.69) is 15.1 Å². The third-order valence-electron chi connectivity index (χ3n) is 4.56. The zero-order chi connectivity index (χ0) is 16.0. The molecule has 0 radical (unpaired) electrons. The van der Waals surface area contributed by atoms with Crippen LogP contribution in [0.15, 0.2) is 28.8 Å². The summed E-state index contributed by atoms with van der Waals surface area (Å²) in [6.07, 6.45) is 2.92. The fourth-order valence-corrected chi connectivity index (χ4v) is 2.90. The van der Waals surface area contributed by atoms with Crippen molar-refractivity contribution in [3.63, 3.8) is 0 Å². The standard InChI is InChI=1S/C17H18N4O2/c1-10-13(8-11-4-5-12(22-2)9-14(11)19-10)15-20-16(21-23-15)17(18)6-3-7-17/h4-5,8-9H,3,6-7,18H2,1-2H3. The van der Waals surface area contributed by atoms with Crippen LogP contribution in [0, 0.1) is 6.92 Å². The van der Waals surface area contributed by atoms with Gasteiger partial charge in [0.1, 0.15) is 5.75 Å². The molecule has 0 atom stereocenters. The molecule has 0 spiro atoms. The van der Waals surface area contributed by atoms with E-state index in [1.165, 1.54) is 0 Å². The molecule has 1 aliphatic rings. The van der Waals surface area contributed by atoms with E-state index < -0.39 is 5.54 Å². The van der Waals surface area contributed by atoms with Crippen LogP contribution in [-0.2, 0) is 5.54 Å². The quantitative estimate of drug-likeness (QED) is 0.800. The topological polar surface area (TPSA) is 87.1 Å². The van der Waals surface area contributed by atoms with E-state index in [1.54, 1.807) is 7.11 Å². The van der Waals surface area contributed by atoms with Crippen molar-refractivity contribution in [1.29, 1.82) is 0 Å². The van der Waals surface area contributed by atoms with Crippen LogP contribution in [0.3, 0.4) is 0 Å². The van der Waals surface area contributed by atoms with E-state index in [0.717, 1.165) is 47.2 Å². The Hall–Kier alpha value is -2.47. The van der Waals surface area contributed by atoms with Crippen LogP contribution in [0.1, 0.15) is 30.8 Å². The number of pyridine rings is 1. The number of nitrogens with two attached hydrogens (primary N) is 1. The lowest BCUT2D eigenvalue weighted by atomic mass is 9.77. The zero-order valence-corrected chi connectivity index (χ0v) is 13.2. The number of methoxy groups -OCH3 is 1. The van der Waals surface area contributed by atoms with Gasteiger partial charge in [-0.1, -0.05) is 5.16 Å². The summed E-state index contributed by atoms with van der Waals surface area (Å²) in [4.78, 5) is 9.14. The van der Waals surface area contributed by atoms with Gasteiger partial charge in [0.15, 0.2) is 5.82 Å². The summed E-state index contributed by atoms with van der Waals surface area (Å²) < 4.78 is 10.7. The van der Waals surface area contributed by atoms with Crippen molar-refractivity contribution in [2.24, 2.45) is 5.73 Å². The second-order valence-electron chi connectivity index (χ2n) is 6.11. The first-order chi connectivity index (χ1) is 11.1. The monoisotopic (exact) mass is 310 g/mol. The predicted octanol–water partition coefficient (Wildman–Crippen LogP) is 2.94. The van der Waals surface area contributed by atoms with Gasteiger partial charge in [0.05, 0.1) is 29.4 Å². The highest BCUT2D eigenvalue weighted by molar-refractivity contribution is 5.84. The summed E-state index contributed by atoms with van der Waals surface area (Å²) in [7, 11) is 1.64. The lowest BCUT2D eigenvalue weighted by Gasteiger charge is -2.34. The molecule has 2 N–H and O–H groups in total. The Bertz CT molecular complexity index is 883. The van der Waals surface area contributed by atoms with Crippen LogP contribution in [0.25, 0.3) is 22.4 Å².